The average Bonchev–Trinajstić information content (AvgIpc) is 2.54. The molecule has 0 bridgehead atoms. The fourth-order valence-electron chi connectivity index (χ4n) is 2.70. The Bertz CT molecular complexity index is 781. The van der Waals surface area contributed by atoms with Crippen molar-refractivity contribution < 1.29 is 18.7 Å². The summed E-state index contributed by atoms with van der Waals surface area (Å²) in [6, 6.07) is 6.17. The molecule has 1 aromatic carbocycles. The van der Waals surface area contributed by atoms with Gasteiger partial charge in [-0.25, -0.2) is 9.18 Å². The second kappa shape index (κ2) is 7.47. The Labute approximate surface area is 144 Å². The van der Waals surface area contributed by atoms with Gasteiger partial charge in [0.1, 0.15) is 5.82 Å². The topological polar surface area (TPSA) is 71.3 Å². The minimum absolute atomic E-state index is 0.0895. The predicted molar refractivity (Wildman–Crippen MR) is 86.5 cm³/mol. The van der Waals surface area contributed by atoms with Crippen LogP contribution < -0.4 is 5.32 Å². The zero-order chi connectivity index (χ0) is 17.9. The highest BCUT2D eigenvalue weighted by Crippen LogP contribution is 2.39. The predicted octanol–water partition coefficient (Wildman–Crippen LogP) is 3.04. The lowest BCUT2D eigenvalue weighted by Crippen LogP contribution is -2.31. The summed E-state index contributed by atoms with van der Waals surface area (Å²) in [6.45, 7) is 1.77. The van der Waals surface area contributed by atoms with Crippen LogP contribution in [0.2, 0.25) is 5.02 Å². The molecule has 0 fully saturated rings. The number of benzene rings is 1. The number of ether oxygens (including phenoxy) is 2. The maximum atomic E-state index is 14.5. The molecule has 1 aliphatic heterocycles. The molecular weight excluding hydrogens is 335 g/mol. The van der Waals surface area contributed by atoms with E-state index in [1.807, 2.05) is 0 Å². The van der Waals surface area contributed by atoms with Gasteiger partial charge in [0, 0.05) is 23.4 Å². The van der Waals surface area contributed by atoms with Crippen molar-refractivity contribution in [3.63, 3.8) is 0 Å². The minimum Gasteiger partial charge on any atom is -0.466 e. The largest absolute Gasteiger partial charge is 0.466 e. The molecule has 0 aliphatic carbocycles. The highest BCUT2D eigenvalue weighted by molar-refractivity contribution is 6.30. The molecule has 5 nitrogen and oxygen atoms in total. The van der Waals surface area contributed by atoms with E-state index in [-0.39, 0.29) is 28.3 Å². The number of hydrogen-bond donors (Lipinski definition) is 1. The van der Waals surface area contributed by atoms with Crippen molar-refractivity contribution in [3.8, 4) is 6.07 Å². The van der Waals surface area contributed by atoms with Crippen molar-refractivity contribution in [2.24, 2.45) is 0 Å². The Morgan fingerprint density at radius 3 is 2.71 bits per heavy atom. The number of nitriles is 1. The van der Waals surface area contributed by atoms with Crippen molar-refractivity contribution in [2.75, 3.05) is 20.8 Å². The number of dihydropyridines is 1. The molecule has 1 heterocycles. The van der Waals surface area contributed by atoms with Crippen LogP contribution in [0.4, 0.5) is 4.39 Å². The lowest BCUT2D eigenvalue weighted by Gasteiger charge is -2.29. The summed E-state index contributed by atoms with van der Waals surface area (Å²) in [6.07, 6.45) is 0. The second-order valence-electron chi connectivity index (χ2n) is 5.19. The van der Waals surface area contributed by atoms with Crippen LogP contribution in [-0.2, 0) is 14.3 Å². The number of methoxy groups -OCH3 is 2. The van der Waals surface area contributed by atoms with Crippen molar-refractivity contribution >= 4 is 17.6 Å². The van der Waals surface area contributed by atoms with Gasteiger partial charge in [0.15, 0.2) is 0 Å². The Balaban J connectivity index is 2.73. The van der Waals surface area contributed by atoms with E-state index in [0.717, 1.165) is 6.07 Å². The molecule has 0 spiro atoms. The first-order chi connectivity index (χ1) is 11.4. The van der Waals surface area contributed by atoms with Gasteiger partial charge in [-0.1, -0.05) is 17.7 Å². The first kappa shape index (κ1) is 18.0. The van der Waals surface area contributed by atoms with Crippen molar-refractivity contribution in [2.45, 2.75) is 12.8 Å². The SMILES string of the molecule is COCC1=C(C(=O)OC)C(c2ccc(Cl)cc2F)C(C#N)=C(C)N1. The number of carbonyl (C=O) groups is 1. The van der Waals surface area contributed by atoms with Crippen molar-refractivity contribution in [1.29, 1.82) is 5.26 Å². The van der Waals surface area contributed by atoms with Crippen molar-refractivity contribution in [3.05, 3.63) is 57.1 Å². The number of carbonyl (C=O) groups excluding carboxylic acids is 1. The first-order valence-corrected chi connectivity index (χ1v) is 7.45. The molecular formula is C17H16ClFN2O3. The first-order valence-electron chi connectivity index (χ1n) is 7.07. The van der Waals surface area contributed by atoms with Gasteiger partial charge in [0.25, 0.3) is 0 Å². The molecule has 1 aromatic rings. The maximum absolute atomic E-state index is 14.5. The fourth-order valence-corrected chi connectivity index (χ4v) is 2.86. The van der Waals surface area contributed by atoms with Gasteiger partial charge in [-0.2, -0.15) is 5.26 Å². The molecule has 0 saturated carbocycles. The molecule has 0 aromatic heterocycles. The van der Waals surface area contributed by atoms with Crippen LogP contribution in [-0.4, -0.2) is 26.8 Å². The highest BCUT2D eigenvalue weighted by Gasteiger charge is 2.36. The Kier molecular flexibility index (Phi) is 5.60. The fraction of sp³-hybridized carbons (Fsp3) is 0.294. The lowest BCUT2D eigenvalue weighted by atomic mass is 9.80. The summed E-state index contributed by atoms with van der Waals surface area (Å²) in [7, 11) is 2.70. The lowest BCUT2D eigenvalue weighted by molar-refractivity contribution is -0.136. The third-order valence-corrected chi connectivity index (χ3v) is 3.97. The number of nitrogens with one attached hydrogen (secondary N) is 1. The van der Waals surface area contributed by atoms with Crippen LogP contribution in [0, 0.1) is 17.1 Å². The number of rotatable bonds is 4. The smallest absolute Gasteiger partial charge is 0.336 e. The normalized spacial score (nSPS) is 17.4. The Morgan fingerprint density at radius 1 is 1.46 bits per heavy atom. The summed E-state index contributed by atoms with van der Waals surface area (Å²) in [4.78, 5) is 12.3. The summed E-state index contributed by atoms with van der Waals surface area (Å²) in [5.41, 5.74) is 1.50. The van der Waals surface area contributed by atoms with Crippen LogP contribution in [0.3, 0.4) is 0 Å². The zero-order valence-corrected chi connectivity index (χ0v) is 14.2. The van der Waals surface area contributed by atoms with Crippen LogP contribution in [0.1, 0.15) is 18.4 Å². The summed E-state index contributed by atoms with van der Waals surface area (Å²) in [5, 5.41) is 12.7. The van der Waals surface area contributed by atoms with E-state index in [9.17, 15) is 14.4 Å². The van der Waals surface area contributed by atoms with Gasteiger partial charge >= 0.3 is 5.97 Å². The van der Waals surface area contributed by atoms with Crippen LogP contribution in [0.15, 0.2) is 40.7 Å². The third kappa shape index (κ3) is 3.28. The molecule has 24 heavy (non-hydrogen) atoms. The molecule has 1 unspecified atom stereocenters. The monoisotopic (exact) mass is 350 g/mol. The average molecular weight is 351 g/mol. The molecule has 1 aliphatic rings. The van der Waals surface area contributed by atoms with E-state index in [4.69, 9.17) is 21.1 Å². The van der Waals surface area contributed by atoms with Gasteiger partial charge < -0.3 is 14.8 Å². The van der Waals surface area contributed by atoms with Gasteiger partial charge in [-0.05, 0) is 19.1 Å². The van der Waals surface area contributed by atoms with E-state index in [2.05, 4.69) is 11.4 Å². The van der Waals surface area contributed by atoms with E-state index < -0.39 is 17.7 Å². The molecule has 7 heteroatoms. The second-order valence-corrected chi connectivity index (χ2v) is 5.63. The summed E-state index contributed by atoms with van der Waals surface area (Å²) >= 11 is 5.81. The number of allylic oxidation sites excluding steroid dienone is 2. The molecule has 0 amide bonds. The molecule has 1 atom stereocenters. The molecule has 0 saturated heterocycles. The van der Waals surface area contributed by atoms with Crippen molar-refractivity contribution in [1.82, 2.24) is 5.32 Å². The quantitative estimate of drug-likeness (QED) is 0.845. The summed E-state index contributed by atoms with van der Waals surface area (Å²) in [5.74, 6) is -2.16. The molecule has 126 valence electrons. The minimum atomic E-state index is -0.897. The summed E-state index contributed by atoms with van der Waals surface area (Å²) < 4.78 is 24.4. The van der Waals surface area contributed by atoms with Crippen LogP contribution in [0.5, 0.6) is 0 Å². The standard InChI is InChI=1S/C17H16ClFN2O3/c1-9-12(7-20)15(11-5-4-10(18)6-13(11)19)16(17(22)24-3)14(21-9)8-23-2/h4-6,15,21H,8H2,1-3H3. The molecule has 1 N–H and O–H groups in total. The van der Waals surface area contributed by atoms with Gasteiger partial charge in [0.05, 0.1) is 42.5 Å². The highest BCUT2D eigenvalue weighted by atomic mass is 35.5. The van der Waals surface area contributed by atoms with E-state index in [1.54, 1.807) is 6.92 Å². The third-order valence-electron chi connectivity index (χ3n) is 3.73. The molecule has 2 rings (SSSR count). The van der Waals surface area contributed by atoms with Crippen LogP contribution >= 0.6 is 11.6 Å². The number of nitrogens with zero attached hydrogens (tertiary/aromatic N) is 1. The number of halogens is 2. The number of esters is 1. The van der Waals surface area contributed by atoms with Gasteiger partial charge in [0.2, 0.25) is 0 Å². The van der Waals surface area contributed by atoms with Crippen LogP contribution in [0.25, 0.3) is 0 Å². The zero-order valence-electron chi connectivity index (χ0n) is 13.4. The van der Waals surface area contributed by atoms with E-state index >= 15 is 0 Å². The Morgan fingerprint density at radius 2 is 2.17 bits per heavy atom. The van der Waals surface area contributed by atoms with E-state index in [1.165, 1.54) is 26.4 Å². The van der Waals surface area contributed by atoms with E-state index in [0.29, 0.717) is 11.4 Å². The van der Waals surface area contributed by atoms with Gasteiger partial charge in [-0.3, -0.25) is 0 Å². The molecule has 0 radical (unpaired) electrons. The maximum Gasteiger partial charge on any atom is 0.336 e. The Hall–Kier alpha value is -2.36. The number of hydrogen-bond acceptors (Lipinski definition) is 5. The van der Waals surface area contributed by atoms with Gasteiger partial charge in [-0.15, -0.1) is 0 Å².